The topological polar surface area (TPSA) is 92.9 Å². The number of halogens is 2. The molecule has 24 heavy (non-hydrogen) atoms. The Balaban J connectivity index is 2.31. The third-order valence-corrected chi connectivity index (χ3v) is 4.53. The molecule has 1 saturated heterocycles. The summed E-state index contributed by atoms with van der Waals surface area (Å²) in [4.78, 5) is 25.5. The van der Waals surface area contributed by atoms with E-state index in [2.05, 4.69) is 0 Å². The molecule has 0 aromatic heterocycles. The highest BCUT2D eigenvalue weighted by Gasteiger charge is 2.42. The number of nitrogens with zero attached hydrogens (tertiary/aromatic N) is 1. The van der Waals surface area contributed by atoms with Crippen LogP contribution in [0.5, 0.6) is 5.75 Å². The number of benzene rings is 1. The number of hydrogen-bond donors (Lipinski definition) is 2. The van der Waals surface area contributed by atoms with Gasteiger partial charge in [0, 0.05) is 30.6 Å². The van der Waals surface area contributed by atoms with Gasteiger partial charge in [0.15, 0.2) is 0 Å². The second kappa shape index (κ2) is 6.69. The first-order valence-corrected chi connectivity index (χ1v) is 8.20. The molecule has 1 aliphatic rings. The number of carbonyl (C=O) groups is 2. The van der Waals surface area contributed by atoms with Crippen LogP contribution in [0.4, 0.5) is 4.79 Å². The standard InChI is InChI=1S/C16H20Cl2N2O4/c1-16(2,3)24-15(23)20-6-9(10(7-20)14(19)22)8-4-11(17)12(18)5-13(8)21/h4-5,9-10,21H,6-7H2,1-3H3,(H2,19,22). The van der Waals surface area contributed by atoms with E-state index in [-0.39, 0.29) is 28.9 Å². The van der Waals surface area contributed by atoms with Crippen molar-refractivity contribution in [3.63, 3.8) is 0 Å². The van der Waals surface area contributed by atoms with Gasteiger partial charge in [0.1, 0.15) is 11.4 Å². The molecule has 1 aromatic carbocycles. The Hall–Kier alpha value is -1.66. The van der Waals surface area contributed by atoms with Gasteiger partial charge in [-0.1, -0.05) is 23.2 Å². The molecule has 3 N–H and O–H groups in total. The molecule has 132 valence electrons. The van der Waals surface area contributed by atoms with Crippen molar-refractivity contribution in [2.45, 2.75) is 32.3 Å². The van der Waals surface area contributed by atoms with Gasteiger partial charge in [-0.2, -0.15) is 0 Å². The lowest BCUT2D eigenvalue weighted by Gasteiger charge is -2.24. The molecule has 2 atom stereocenters. The molecule has 2 rings (SSSR count). The smallest absolute Gasteiger partial charge is 0.410 e. The Labute approximate surface area is 150 Å². The van der Waals surface area contributed by atoms with Gasteiger partial charge in [-0.05, 0) is 26.8 Å². The molecule has 6 nitrogen and oxygen atoms in total. The molecule has 1 aromatic rings. The summed E-state index contributed by atoms with van der Waals surface area (Å²) in [5, 5.41) is 10.6. The third-order valence-electron chi connectivity index (χ3n) is 3.81. The molecule has 0 radical (unpaired) electrons. The first kappa shape index (κ1) is 18.7. The summed E-state index contributed by atoms with van der Waals surface area (Å²) in [5.41, 5.74) is 5.25. The predicted octanol–water partition coefficient (Wildman–Crippen LogP) is 3.13. The van der Waals surface area contributed by atoms with Crippen LogP contribution >= 0.6 is 23.2 Å². The Morgan fingerprint density at radius 2 is 1.83 bits per heavy atom. The molecule has 0 spiro atoms. The zero-order valence-corrected chi connectivity index (χ0v) is 15.2. The number of ether oxygens (including phenoxy) is 1. The number of rotatable bonds is 2. The molecule has 8 heteroatoms. The van der Waals surface area contributed by atoms with Crippen molar-refractivity contribution in [1.29, 1.82) is 0 Å². The van der Waals surface area contributed by atoms with Crippen molar-refractivity contribution in [2.24, 2.45) is 11.7 Å². The van der Waals surface area contributed by atoms with Gasteiger partial charge < -0.3 is 20.5 Å². The molecule has 1 heterocycles. The van der Waals surface area contributed by atoms with Crippen LogP contribution in [0.25, 0.3) is 0 Å². The van der Waals surface area contributed by atoms with E-state index >= 15 is 0 Å². The van der Waals surface area contributed by atoms with E-state index in [9.17, 15) is 14.7 Å². The molecule has 2 amide bonds. The summed E-state index contributed by atoms with van der Waals surface area (Å²) in [7, 11) is 0. The van der Waals surface area contributed by atoms with Crippen molar-refractivity contribution in [1.82, 2.24) is 4.90 Å². The molecule has 1 fully saturated rings. The molecule has 0 saturated carbocycles. The first-order chi connectivity index (χ1) is 11.0. The lowest BCUT2D eigenvalue weighted by Crippen LogP contribution is -2.36. The van der Waals surface area contributed by atoms with Crippen LogP contribution in [0.1, 0.15) is 32.3 Å². The summed E-state index contributed by atoms with van der Waals surface area (Å²) in [6, 6.07) is 2.81. The summed E-state index contributed by atoms with van der Waals surface area (Å²) < 4.78 is 5.33. The number of amides is 2. The van der Waals surface area contributed by atoms with Crippen LogP contribution in [-0.2, 0) is 9.53 Å². The number of phenols is 1. The minimum atomic E-state index is -0.652. The van der Waals surface area contributed by atoms with Crippen molar-refractivity contribution in [3.8, 4) is 5.75 Å². The van der Waals surface area contributed by atoms with Crippen LogP contribution in [0.2, 0.25) is 10.0 Å². The highest BCUT2D eigenvalue weighted by atomic mass is 35.5. The third kappa shape index (κ3) is 4.05. The Morgan fingerprint density at radius 3 is 2.38 bits per heavy atom. The average Bonchev–Trinajstić information content (AvgIpc) is 2.86. The van der Waals surface area contributed by atoms with Gasteiger partial charge in [-0.25, -0.2) is 4.79 Å². The van der Waals surface area contributed by atoms with Crippen LogP contribution < -0.4 is 5.73 Å². The summed E-state index contributed by atoms with van der Waals surface area (Å²) >= 11 is 11.9. The first-order valence-electron chi connectivity index (χ1n) is 7.44. The monoisotopic (exact) mass is 374 g/mol. The van der Waals surface area contributed by atoms with E-state index in [4.69, 9.17) is 33.7 Å². The highest BCUT2D eigenvalue weighted by Crippen LogP contribution is 2.40. The minimum Gasteiger partial charge on any atom is -0.508 e. The summed E-state index contributed by atoms with van der Waals surface area (Å²) in [5.74, 6) is -1.78. The Bertz CT molecular complexity index is 673. The molecular formula is C16H20Cl2N2O4. The van der Waals surface area contributed by atoms with E-state index in [1.54, 1.807) is 20.8 Å². The van der Waals surface area contributed by atoms with Crippen LogP contribution in [0, 0.1) is 5.92 Å². The normalized spacial score (nSPS) is 21.0. The lowest BCUT2D eigenvalue weighted by atomic mass is 9.88. The molecule has 0 aliphatic carbocycles. The molecule has 0 bridgehead atoms. The maximum absolute atomic E-state index is 12.3. The maximum atomic E-state index is 12.3. The van der Waals surface area contributed by atoms with Gasteiger partial charge in [-0.15, -0.1) is 0 Å². The lowest BCUT2D eigenvalue weighted by molar-refractivity contribution is -0.121. The number of phenolic OH excluding ortho intramolecular Hbond substituents is 1. The largest absolute Gasteiger partial charge is 0.508 e. The molecule has 2 unspecified atom stereocenters. The van der Waals surface area contributed by atoms with Gasteiger partial charge >= 0.3 is 6.09 Å². The fourth-order valence-electron chi connectivity index (χ4n) is 2.73. The van der Waals surface area contributed by atoms with E-state index in [1.807, 2.05) is 0 Å². The fourth-order valence-corrected chi connectivity index (χ4v) is 3.06. The van der Waals surface area contributed by atoms with Gasteiger partial charge in [0.25, 0.3) is 0 Å². The summed E-state index contributed by atoms with van der Waals surface area (Å²) in [6.07, 6.45) is -0.532. The van der Waals surface area contributed by atoms with Crippen LogP contribution in [0.15, 0.2) is 12.1 Å². The van der Waals surface area contributed by atoms with E-state index in [0.29, 0.717) is 5.56 Å². The number of carbonyl (C=O) groups excluding carboxylic acids is 2. The molecular weight excluding hydrogens is 355 g/mol. The maximum Gasteiger partial charge on any atom is 0.410 e. The Morgan fingerprint density at radius 1 is 1.25 bits per heavy atom. The van der Waals surface area contributed by atoms with Gasteiger partial charge in [0.2, 0.25) is 5.91 Å². The van der Waals surface area contributed by atoms with E-state index < -0.39 is 29.4 Å². The fraction of sp³-hybridized carbons (Fsp3) is 0.500. The van der Waals surface area contributed by atoms with Crippen molar-refractivity contribution in [2.75, 3.05) is 13.1 Å². The van der Waals surface area contributed by atoms with Crippen LogP contribution in [0.3, 0.4) is 0 Å². The SMILES string of the molecule is CC(C)(C)OC(=O)N1CC(C(N)=O)C(c2cc(Cl)c(Cl)cc2O)C1. The zero-order valence-electron chi connectivity index (χ0n) is 13.7. The number of hydrogen-bond acceptors (Lipinski definition) is 4. The van der Waals surface area contributed by atoms with Gasteiger partial charge in [-0.3, -0.25) is 4.79 Å². The van der Waals surface area contributed by atoms with E-state index in [0.717, 1.165) is 0 Å². The second-order valence-electron chi connectivity index (χ2n) is 6.83. The van der Waals surface area contributed by atoms with Crippen molar-refractivity contribution >= 4 is 35.2 Å². The summed E-state index contributed by atoms with van der Waals surface area (Å²) in [6.45, 7) is 5.58. The zero-order chi connectivity index (χ0) is 18.2. The van der Waals surface area contributed by atoms with E-state index in [1.165, 1.54) is 17.0 Å². The number of likely N-dealkylation sites (tertiary alicyclic amines) is 1. The number of primary amides is 1. The predicted molar refractivity (Wildman–Crippen MR) is 91.4 cm³/mol. The van der Waals surface area contributed by atoms with Gasteiger partial charge in [0.05, 0.1) is 16.0 Å². The average molecular weight is 375 g/mol. The van der Waals surface area contributed by atoms with Crippen molar-refractivity contribution < 1.29 is 19.4 Å². The second-order valence-corrected chi connectivity index (χ2v) is 7.64. The van der Waals surface area contributed by atoms with Crippen molar-refractivity contribution in [3.05, 3.63) is 27.7 Å². The quantitative estimate of drug-likeness (QED) is 0.831. The Kier molecular flexibility index (Phi) is 5.20. The number of nitrogens with two attached hydrogens (primary N) is 1. The minimum absolute atomic E-state index is 0.0910. The number of aromatic hydroxyl groups is 1. The van der Waals surface area contributed by atoms with Crippen LogP contribution in [-0.4, -0.2) is 40.7 Å². The highest BCUT2D eigenvalue weighted by molar-refractivity contribution is 6.42. The molecule has 1 aliphatic heterocycles.